The highest BCUT2D eigenvalue weighted by molar-refractivity contribution is 7.89. The monoisotopic (exact) mass is 402 g/mol. The Hall–Kier alpha value is -2.38. The predicted octanol–water partition coefficient (Wildman–Crippen LogP) is 2.90. The Balaban J connectivity index is 1.63. The number of amides is 1. The first-order chi connectivity index (χ1) is 13.3. The van der Waals surface area contributed by atoms with Crippen molar-refractivity contribution in [1.29, 1.82) is 0 Å². The van der Waals surface area contributed by atoms with Crippen molar-refractivity contribution in [2.45, 2.75) is 37.6 Å². The van der Waals surface area contributed by atoms with Crippen molar-refractivity contribution in [3.8, 4) is 5.75 Å². The Morgan fingerprint density at radius 1 is 1.07 bits per heavy atom. The number of aryl methyl sites for hydroxylation is 2. The molecule has 0 aliphatic carbocycles. The van der Waals surface area contributed by atoms with Gasteiger partial charge in [0.05, 0.1) is 17.6 Å². The van der Waals surface area contributed by atoms with Crippen molar-refractivity contribution < 1.29 is 17.9 Å². The molecule has 3 rings (SSSR count). The lowest BCUT2D eigenvalue weighted by atomic mass is 10.0. The predicted molar refractivity (Wildman–Crippen MR) is 108 cm³/mol. The summed E-state index contributed by atoms with van der Waals surface area (Å²) in [6.07, 6.45) is 1.15. The van der Waals surface area contributed by atoms with E-state index in [1.165, 1.54) is 0 Å². The van der Waals surface area contributed by atoms with Gasteiger partial charge in [-0.3, -0.25) is 4.79 Å². The number of hydrogen-bond acceptors (Lipinski definition) is 4. The molecule has 0 radical (unpaired) electrons. The number of nitrogens with zero attached hydrogens (tertiary/aromatic N) is 1. The molecule has 7 heteroatoms. The van der Waals surface area contributed by atoms with Gasteiger partial charge in [0.1, 0.15) is 5.75 Å². The number of hydrogen-bond donors (Lipinski definition) is 1. The molecular weight excluding hydrogens is 376 g/mol. The van der Waals surface area contributed by atoms with Crippen LogP contribution in [0.3, 0.4) is 0 Å². The van der Waals surface area contributed by atoms with Crippen LogP contribution in [0.1, 0.15) is 34.3 Å². The molecule has 1 aliphatic rings. The fourth-order valence-electron chi connectivity index (χ4n) is 3.36. The first-order valence-electron chi connectivity index (χ1n) is 9.33. The summed E-state index contributed by atoms with van der Waals surface area (Å²) in [5.41, 5.74) is 2.53. The van der Waals surface area contributed by atoms with Gasteiger partial charge < -0.3 is 9.64 Å². The highest BCUT2D eigenvalue weighted by atomic mass is 32.2. The van der Waals surface area contributed by atoms with E-state index in [1.807, 2.05) is 26.0 Å². The van der Waals surface area contributed by atoms with Gasteiger partial charge in [0.15, 0.2) is 0 Å². The van der Waals surface area contributed by atoms with Crippen LogP contribution in [-0.2, 0) is 10.0 Å². The molecule has 0 aromatic heterocycles. The molecule has 2 aromatic rings. The quantitative estimate of drug-likeness (QED) is 0.834. The standard InChI is InChI=1S/C21H26N2O4S/c1-15-8-9-18(14-16(15)2)28(25,26)22-17-10-12-23(13-11-17)21(24)19-6-4-5-7-20(19)27-3/h4-9,14,17,22H,10-13H2,1-3H3. The van der Waals surface area contributed by atoms with Crippen LogP contribution in [0.5, 0.6) is 5.75 Å². The lowest BCUT2D eigenvalue weighted by molar-refractivity contribution is 0.0708. The number of piperidine rings is 1. The van der Waals surface area contributed by atoms with Crippen molar-refractivity contribution >= 4 is 15.9 Å². The summed E-state index contributed by atoms with van der Waals surface area (Å²) in [7, 11) is -2.03. The highest BCUT2D eigenvalue weighted by Crippen LogP contribution is 2.22. The fourth-order valence-corrected chi connectivity index (χ4v) is 4.75. The van der Waals surface area contributed by atoms with E-state index in [-0.39, 0.29) is 16.8 Å². The Morgan fingerprint density at radius 2 is 1.75 bits per heavy atom. The summed E-state index contributed by atoms with van der Waals surface area (Å²) >= 11 is 0. The lowest BCUT2D eigenvalue weighted by Gasteiger charge is -2.32. The Labute approximate surface area is 166 Å². The molecule has 0 atom stereocenters. The maximum absolute atomic E-state index is 12.8. The number of likely N-dealkylation sites (tertiary alicyclic amines) is 1. The van der Waals surface area contributed by atoms with Crippen LogP contribution in [0.2, 0.25) is 0 Å². The molecule has 0 saturated carbocycles. The topological polar surface area (TPSA) is 75.7 Å². The summed E-state index contributed by atoms with van der Waals surface area (Å²) in [5.74, 6) is 0.456. The molecule has 1 heterocycles. The van der Waals surface area contributed by atoms with Crippen LogP contribution in [0.4, 0.5) is 0 Å². The molecule has 1 amide bonds. The van der Waals surface area contributed by atoms with Gasteiger partial charge in [-0.1, -0.05) is 18.2 Å². The summed E-state index contributed by atoms with van der Waals surface area (Å²) in [5, 5.41) is 0. The minimum absolute atomic E-state index is 0.0899. The van der Waals surface area contributed by atoms with Crippen molar-refractivity contribution in [1.82, 2.24) is 9.62 Å². The van der Waals surface area contributed by atoms with Gasteiger partial charge in [0.25, 0.3) is 5.91 Å². The van der Waals surface area contributed by atoms with Gasteiger partial charge in [-0.15, -0.1) is 0 Å². The third-order valence-electron chi connectivity index (χ3n) is 5.23. The highest BCUT2D eigenvalue weighted by Gasteiger charge is 2.28. The van der Waals surface area contributed by atoms with Crippen molar-refractivity contribution in [3.05, 3.63) is 59.2 Å². The number of sulfonamides is 1. The van der Waals surface area contributed by atoms with Crippen molar-refractivity contribution in [3.63, 3.8) is 0 Å². The van der Waals surface area contributed by atoms with E-state index in [0.29, 0.717) is 37.2 Å². The van der Waals surface area contributed by atoms with Gasteiger partial charge in [0.2, 0.25) is 10.0 Å². The van der Waals surface area contributed by atoms with Gasteiger partial charge in [-0.25, -0.2) is 13.1 Å². The molecule has 28 heavy (non-hydrogen) atoms. The minimum atomic E-state index is -3.57. The first-order valence-corrected chi connectivity index (χ1v) is 10.8. The summed E-state index contributed by atoms with van der Waals surface area (Å²) < 4.78 is 33.4. The molecule has 0 bridgehead atoms. The Bertz CT molecular complexity index is 964. The number of carbonyl (C=O) groups excluding carboxylic acids is 1. The van der Waals surface area contributed by atoms with E-state index in [9.17, 15) is 13.2 Å². The molecule has 1 N–H and O–H groups in total. The zero-order chi connectivity index (χ0) is 20.3. The fraction of sp³-hybridized carbons (Fsp3) is 0.381. The number of methoxy groups -OCH3 is 1. The van der Waals surface area contributed by atoms with Crippen molar-refractivity contribution in [2.24, 2.45) is 0 Å². The molecule has 2 aromatic carbocycles. The molecule has 150 valence electrons. The van der Waals surface area contributed by atoms with Gasteiger partial charge in [-0.2, -0.15) is 0 Å². The molecule has 6 nitrogen and oxygen atoms in total. The largest absolute Gasteiger partial charge is 0.496 e. The molecular formula is C21H26N2O4S. The van der Waals surface area contributed by atoms with E-state index < -0.39 is 10.0 Å². The third-order valence-corrected chi connectivity index (χ3v) is 6.75. The molecule has 1 fully saturated rings. The maximum atomic E-state index is 12.8. The molecule has 1 saturated heterocycles. The minimum Gasteiger partial charge on any atom is -0.496 e. The Kier molecular flexibility index (Phi) is 6.05. The normalized spacial score (nSPS) is 15.5. The van der Waals surface area contributed by atoms with E-state index in [1.54, 1.807) is 42.3 Å². The van der Waals surface area contributed by atoms with Crippen LogP contribution >= 0.6 is 0 Å². The van der Waals surface area contributed by atoms with Gasteiger partial charge in [0, 0.05) is 19.1 Å². The van der Waals surface area contributed by atoms with E-state index in [0.717, 1.165) is 11.1 Å². The average molecular weight is 403 g/mol. The number of ether oxygens (including phenoxy) is 1. The number of carbonyl (C=O) groups is 1. The number of nitrogens with one attached hydrogen (secondary N) is 1. The molecule has 0 unspecified atom stereocenters. The van der Waals surface area contributed by atoms with E-state index >= 15 is 0 Å². The third kappa shape index (κ3) is 4.36. The second-order valence-electron chi connectivity index (χ2n) is 7.13. The van der Waals surface area contributed by atoms with Crippen LogP contribution in [0.25, 0.3) is 0 Å². The first kappa shape index (κ1) is 20.4. The number of benzene rings is 2. The van der Waals surface area contributed by atoms with Crippen LogP contribution in [0.15, 0.2) is 47.4 Å². The molecule has 1 aliphatic heterocycles. The van der Waals surface area contributed by atoms with Crippen LogP contribution in [-0.4, -0.2) is 45.5 Å². The maximum Gasteiger partial charge on any atom is 0.257 e. The second kappa shape index (κ2) is 8.32. The van der Waals surface area contributed by atoms with E-state index in [4.69, 9.17) is 4.74 Å². The SMILES string of the molecule is COc1ccccc1C(=O)N1CCC(NS(=O)(=O)c2ccc(C)c(C)c2)CC1. The smallest absolute Gasteiger partial charge is 0.257 e. The van der Waals surface area contributed by atoms with Crippen LogP contribution < -0.4 is 9.46 Å². The summed E-state index contributed by atoms with van der Waals surface area (Å²) in [6, 6.07) is 12.1. The number of para-hydroxylation sites is 1. The van der Waals surface area contributed by atoms with Crippen molar-refractivity contribution in [2.75, 3.05) is 20.2 Å². The van der Waals surface area contributed by atoms with E-state index in [2.05, 4.69) is 4.72 Å². The van der Waals surface area contributed by atoms with Crippen LogP contribution in [0, 0.1) is 13.8 Å². The average Bonchev–Trinajstić information content (AvgIpc) is 2.69. The second-order valence-corrected chi connectivity index (χ2v) is 8.85. The Morgan fingerprint density at radius 3 is 2.39 bits per heavy atom. The zero-order valence-electron chi connectivity index (χ0n) is 16.4. The lowest BCUT2D eigenvalue weighted by Crippen LogP contribution is -2.46. The summed E-state index contributed by atoms with van der Waals surface area (Å²) in [4.78, 5) is 14.8. The zero-order valence-corrected chi connectivity index (χ0v) is 17.3. The number of rotatable bonds is 5. The van der Waals surface area contributed by atoms with Gasteiger partial charge in [-0.05, 0) is 62.1 Å². The summed E-state index contributed by atoms with van der Waals surface area (Å²) in [6.45, 7) is 4.85. The van der Waals surface area contributed by atoms with Gasteiger partial charge >= 0.3 is 0 Å². The molecule has 0 spiro atoms.